The lowest BCUT2D eigenvalue weighted by atomic mass is 9.88. The Kier molecular flexibility index (Phi) is 3.18. The van der Waals surface area contributed by atoms with Gasteiger partial charge in [0.1, 0.15) is 17.3 Å². The van der Waals surface area contributed by atoms with E-state index in [2.05, 4.69) is 21.9 Å². The average Bonchev–Trinajstić information content (AvgIpc) is 2.94. The summed E-state index contributed by atoms with van der Waals surface area (Å²) in [6.45, 7) is 3.10. The van der Waals surface area contributed by atoms with Gasteiger partial charge in [-0.05, 0) is 43.9 Å². The number of aromatic nitrogens is 2. The van der Waals surface area contributed by atoms with E-state index in [1.165, 1.54) is 25.7 Å². The highest BCUT2D eigenvalue weighted by molar-refractivity contribution is 6.30. The fourth-order valence-corrected chi connectivity index (χ4v) is 3.97. The fourth-order valence-electron chi connectivity index (χ4n) is 3.84. The molecule has 1 aromatic rings. The molecule has 2 aliphatic carbocycles. The molecule has 3 unspecified atom stereocenters. The Labute approximate surface area is 114 Å². The van der Waals surface area contributed by atoms with Crippen molar-refractivity contribution in [2.75, 3.05) is 18.5 Å². The maximum Gasteiger partial charge on any atom is 0.137 e. The fraction of sp³-hybridized carbons (Fsp3) is 0.714. The molecule has 0 amide bonds. The van der Waals surface area contributed by atoms with Crippen LogP contribution < -0.4 is 4.90 Å². The van der Waals surface area contributed by atoms with E-state index in [1.54, 1.807) is 6.33 Å². The van der Waals surface area contributed by atoms with Crippen LogP contribution in [0.5, 0.6) is 0 Å². The van der Waals surface area contributed by atoms with Crippen LogP contribution in [0.15, 0.2) is 6.33 Å². The van der Waals surface area contributed by atoms with Crippen LogP contribution in [0.3, 0.4) is 0 Å². The molecule has 0 saturated heterocycles. The minimum atomic E-state index is 0.569. The van der Waals surface area contributed by atoms with Gasteiger partial charge < -0.3 is 4.90 Å². The third-order valence-electron chi connectivity index (χ3n) is 4.75. The zero-order chi connectivity index (χ0) is 12.7. The quantitative estimate of drug-likeness (QED) is 0.785. The molecule has 0 spiro atoms. The van der Waals surface area contributed by atoms with Gasteiger partial charge in [-0.2, -0.15) is 0 Å². The van der Waals surface area contributed by atoms with Crippen LogP contribution in [0.4, 0.5) is 5.82 Å². The molecule has 18 heavy (non-hydrogen) atoms. The standard InChI is InChI=1S/C14H20ClN3/c1-9-13(15)16-8-17-14(9)18(2)7-12-6-10-3-4-11(12)5-10/h8,10-12H,3-7H2,1-2H3. The van der Waals surface area contributed by atoms with E-state index in [1.807, 2.05) is 6.92 Å². The number of fused-ring (bicyclic) bond motifs is 2. The summed E-state index contributed by atoms with van der Waals surface area (Å²) in [4.78, 5) is 10.7. The van der Waals surface area contributed by atoms with Gasteiger partial charge in [-0.25, -0.2) is 9.97 Å². The average molecular weight is 266 g/mol. The van der Waals surface area contributed by atoms with E-state index >= 15 is 0 Å². The first kappa shape index (κ1) is 12.2. The van der Waals surface area contributed by atoms with Crippen LogP contribution in [-0.4, -0.2) is 23.6 Å². The van der Waals surface area contributed by atoms with Crippen LogP contribution in [0.25, 0.3) is 0 Å². The summed E-state index contributed by atoms with van der Waals surface area (Å²) in [6.07, 6.45) is 7.33. The Morgan fingerprint density at radius 2 is 2.17 bits per heavy atom. The van der Waals surface area contributed by atoms with Crippen molar-refractivity contribution in [2.24, 2.45) is 17.8 Å². The third kappa shape index (κ3) is 2.09. The molecule has 0 N–H and O–H groups in total. The Morgan fingerprint density at radius 1 is 1.33 bits per heavy atom. The van der Waals surface area contributed by atoms with Crippen molar-refractivity contribution in [3.8, 4) is 0 Å². The summed E-state index contributed by atoms with van der Waals surface area (Å²) in [7, 11) is 2.12. The summed E-state index contributed by atoms with van der Waals surface area (Å²) < 4.78 is 0. The molecule has 2 aliphatic rings. The minimum absolute atomic E-state index is 0.569. The van der Waals surface area contributed by atoms with Gasteiger partial charge in [-0.1, -0.05) is 18.0 Å². The predicted octanol–water partition coefficient (Wildman–Crippen LogP) is 3.31. The van der Waals surface area contributed by atoms with E-state index in [9.17, 15) is 0 Å². The normalized spacial score (nSPS) is 29.8. The topological polar surface area (TPSA) is 29.0 Å². The van der Waals surface area contributed by atoms with Crippen molar-refractivity contribution < 1.29 is 0 Å². The highest BCUT2D eigenvalue weighted by atomic mass is 35.5. The van der Waals surface area contributed by atoms with E-state index in [4.69, 9.17) is 11.6 Å². The molecule has 3 atom stereocenters. The number of hydrogen-bond donors (Lipinski definition) is 0. The maximum atomic E-state index is 6.06. The first-order valence-corrected chi connectivity index (χ1v) is 7.21. The van der Waals surface area contributed by atoms with Gasteiger partial charge in [0.05, 0.1) is 0 Å². The molecular weight excluding hydrogens is 246 g/mol. The molecule has 2 saturated carbocycles. The third-order valence-corrected chi connectivity index (χ3v) is 5.13. The van der Waals surface area contributed by atoms with Gasteiger partial charge in [-0.15, -0.1) is 0 Å². The van der Waals surface area contributed by atoms with Gasteiger partial charge >= 0.3 is 0 Å². The van der Waals surface area contributed by atoms with Crippen LogP contribution in [0.2, 0.25) is 5.15 Å². The van der Waals surface area contributed by atoms with Crippen molar-refractivity contribution in [3.05, 3.63) is 17.0 Å². The van der Waals surface area contributed by atoms with Gasteiger partial charge in [-0.3, -0.25) is 0 Å². The molecule has 1 aromatic heterocycles. The van der Waals surface area contributed by atoms with Crippen LogP contribution in [-0.2, 0) is 0 Å². The molecule has 98 valence electrons. The lowest BCUT2D eigenvalue weighted by Gasteiger charge is -2.28. The highest BCUT2D eigenvalue weighted by Gasteiger charge is 2.39. The van der Waals surface area contributed by atoms with E-state index < -0.39 is 0 Å². The van der Waals surface area contributed by atoms with Crippen LogP contribution in [0, 0.1) is 24.7 Å². The summed E-state index contributed by atoms with van der Waals surface area (Å²) in [5.41, 5.74) is 0.991. The van der Waals surface area contributed by atoms with Gasteiger partial charge in [0.25, 0.3) is 0 Å². The first-order chi connectivity index (χ1) is 8.65. The molecule has 1 heterocycles. The van der Waals surface area contributed by atoms with Crippen molar-refractivity contribution >= 4 is 17.4 Å². The summed E-state index contributed by atoms with van der Waals surface area (Å²) in [6, 6.07) is 0. The molecule has 3 nitrogen and oxygen atoms in total. The second-order valence-corrected chi connectivity index (χ2v) is 6.29. The maximum absolute atomic E-state index is 6.06. The van der Waals surface area contributed by atoms with Gasteiger partial charge in [0, 0.05) is 19.2 Å². The van der Waals surface area contributed by atoms with Crippen molar-refractivity contribution in [3.63, 3.8) is 0 Å². The smallest absolute Gasteiger partial charge is 0.137 e. The summed E-state index contributed by atoms with van der Waals surface area (Å²) in [5, 5.41) is 0.569. The first-order valence-electron chi connectivity index (χ1n) is 6.83. The van der Waals surface area contributed by atoms with Crippen LogP contribution >= 0.6 is 11.6 Å². The number of nitrogens with zero attached hydrogens (tertiary/aromatic N) is 3. The zero-order valence-corrected chi connectivity index (χ0v) is 11.8. The lowest BCUT2D eigenvalue weighted by Crippen LogP contribution is -2.29. The lowest BCUT2D eigenvalue weighted by molar-refractivity contribution is 0.337. The highest BCUT2D eigenvalue weighted by Crippen LogP contribution is 2.48. The number of rotatable bonds is 3. The molecule has 0 radical (unpaired) electrons. The van der Waals surface area contributed by atoms with Crippen molar-refractivity contribution in [1.82, 2.24) is 9.97 Å². The van der Waals surface area contributed by atoms with Gasteiger partial charge in [0.2, 0.25) is 0 Å². The Morgan fingerprint density at radius 3 is 2.83 bits per heavy atom. The molecule has 4 heteroatoms. The Hall–Kier alpha value is -0.830. The van der Waals surface area contributed by atoms with E-state index in [0.29, 0.717) is 5.15 Å². The summed E-state index contributed by atoms with van der Waals surface area (Å²) in [5.74, 6) is 3.79. The molecule has 0 aromatic carbocycles. The van der Waals surface area contributed by atoms with Gasteiger partial charge in [0.15, 0.2) is 0 Å². The largest absolute Gasteiger partial charge is 0.359 e. The number of hydrogen-bond acceptors (Lipinski definition) is 3. The SMILES string of the molecule is Cc1c(Cl)ncnc1N(C)CC1CC2CCC1C2. The van der Waals surface area contributed by atoms with E-state index in [0.717, 1.165) is 35.7 Å². The van der Waals surface area contributed by atoms with E-state index in [-0.39, 0.29) is 0 Å². The predicted molar refractivity (Wildman–Crippen MR) is 74.0 cm³/mol. The van der Waals surface area contributed by atoms with Crippen molar-refractivity contribution in [1.29, 1.82) is 0 Å². The molecule has 0 aliphatic heterocycles. The number of halogens is 1. The number of anilines is 1. The molecule has 2 fully saturated rings. The molecular formula is C14H20ClN3. The second kappa shape index (κ2) is 4.69. The van der Waals surface area contributed by atoms with Crippen LogP contribution in [0.1, 0.15) is 31.2 Å². The molecule has 3 rings (SSSR count). The molecule has 2 bridgehead atoms. The minimum Gasteiger partial charge on any atom is -0.359 e. The second-order valence-electron chi connectivity index (χ2n) is 5.93. The monoisotopic (exact) mass is 265 g/mol. The Bertz CT molecular complexity index is 449. The zero-order valence-electron chi connectivity index (χ0n) is 11.1. The Balaban J connectivity index is 1.71. The van der Waals surface area contributed by atoms with Crippen molar-refractivity contribution in [2.45, 2.75) is 32.6 Å². The summed E-state index contributed by atoms with van der Waals surface area (Å²) >= 11 is 6.06.